The zero-order chi connectivity index (χ0) is 14.7. The minimum atomic E-state index is -0.886. The van der Waals surface area contributed by atoms with Crippen LogP contribution in [-0.2, 0) is 9.59 Å². The lowest BCUT2D eigenvalue weighted by atomic mass is 9.99. The summed E-state index contributed by atoms with van der Waals surface area (Å²) in [5, 5.41) is 0. The molecular formula is C15H21N3O2. The molecule has 0 radical (unpaired) electrons. The number of amides is 2. The molecule has 0 aromatic heterocycles. The van der Waals surface area contributed by atoms with Crippen LogP contribution in [0.4, 0.5) is 0 Å². The lowest BCUT2D eigenvalue weighted by molar-refractivity contribution is -0.148. The van der Waals surface area contributed by atoms with Crippen LogP contribution in [-0.4, -0.2) is 47.3 Å². The van der Waals surface area contributed by atoms with Gasteiger partial charge < -0.3 is 10.6 Å². The zero-order valence-corrected chi connectivity index (χ0v) is 12.0. The molecule has 1 aliphatic rings. The Morgan fingerprint density at radius 3 is 2.45 bits per heavy atom. The van der Waals surface area contributed by atoms with E-state index in [2.05, 4.69) is 18.7 Å². The van der Waals surface area contributed by atoms with Crippen molar-refractivity contribution in [1.29, 1.82) is 0 Å². The van der Waals surface area contributed by atoms with Gasteiger partial charge in [-0.25, -0.2) is 0 Å². The average molecular weight is 275 g/mol. The van der Waals surface area contributed by atoms with Gasteiger partial charge >= 0.3 is 11.8 Å². The van der Waals surface area contributed by atoms with E-state index in [0.717, 1.165) is 18.7 Å². The summed E-state index contributed by atoms with van der Waals surface area (Å²) in [4.78, 5) is 27.2. The number of piperazine rings is 1. The molecule has 0 bridgehead atoms. The molecule has 2 rings (SSSR count). The highest BCUT2D eigenvalue weighted by Crippen LogP contribution is 2.27. The van der Waals surface area contributed by atoms with Gasteiger partial charge in [-0.15, -0.1) is 0 Å². The first-order chi connectivity index (χ1) is 9.54. The van der Waals surface area contributed by atoms with Gasteiger partial charge in [0.15, 0.2) is 0 Å². The number of hydrogen-bond acceptors (Lipinski definition) is 3. The van der Waals surface area contributed by atoms with Gasteiger partial charge in [0, 0.05) is 19.1 Å². The van der Waals surface area contributed by atoms with Gasteiger partial charge in [0.1, 0.15) is 0 Å². The van der Waals surface area contributed by atoms with E-state index in [1.54, 1.807) is 4.90 Å². The van der Waals surface area contributed by atoms with Crippen LogP contribution in [0.2, 0.25) is 0 Å². The smallest absolute Gasteiger partial charge is 0.312 e. The second-order valence-electron chi connectivity index (χ2n) is 5.18. The fourth-order valence-corrected chi connectivity index (χ4v) is 2.80. The highest BCUT2D eigenvalue weighted by molar-refractivity contribution is 6.34. The Kier molecular flexibility index (Phi) is 4.39. The Morgan fingerprint density at radius 2 is 1.90 bits per heavy atom. The summed E-state index contributed by atoms with van der Waals surface area (Å²) < 4.78 is 0. The standard InChI is InChI=1S/C15H21N3O2/c1-3-17-10-13(12-7-5-4-6-8-12)18(9-11(17)2)15(20)14(16)19/h4-8,11,13H,3,9-10H2,1-2H3,(H2,16,19). The molecule has 1 aromatic carbocycles. The van der Waals surface area contributed by atoms with Crippen LogP contribution in [0.1, 0.15) is 25.5 Å². The zero-order valence-electron chi connectivity index (χ0n) is 12.0. The SMILES string of the molecule is CCN1CC(c2ccccc2)N(C(=O)C(N)=O)CC1C. The lowest BCUT2D eigenvalue weighted by Gasteiger charge is -2.44. The molecule has 0 aliphatic carbocycles. The number of nitrogens with zero attached hydrogens (tertiary/aromatic N) is 2. The summed E-state index contributed by atoms with van der Waals surface area (Å²) in [6.07, 6.45) is 0. The molecule has 1 heterocycles. The average Bonchev–Trinajstić information content (AvgIpc) is 2.47. The Balaban J connectivity index is 2.31. The molecule has 1 saturated heterocycles. The van der Waals surface area contributed by atoms with Crippen molar-refractivity contribution in [3.8, 4) is 0 Å². The van der Waals surface area contributed by atoms with Crippen molar-refractivity contribution in [3.05, 3.63) is 35.9 Å². The molecule has 2 unspecified atom stereocenters. The van der Waals surface area contributed by atoms with E-state index in [4.69, 9.17) is 5.73 Å². The van der Waals surface area contributed by atoms with E-state index in [1.165, 1.54) is 0 Å². The van der Waals surface area contributed by atoms with Crippen LogP contribution in [0, 0.1) is 0 Å². The van der Waals surface area contributed by atoms with Gasteiger partial charge in [0.2, 0.25) is 0 Å². The Hall–Kier alpha value is -1.88. The number of hydrogen-bond donors (Lipinski definition) is 1. The van der Waals surface area contributed by atoms with Crippen molar-refractivity contribution < 1.29 is 9.59 Å². The third-order valence-corrected chi connectivity index (χ3v) is 3.93. The van der Waals surface area contributed by atoms with E-state index < -0.39 is 11.8 Å². The minimum absolute atomic E-state index is 0.118. The van der Waals surface area contributed by atoms with E-state index in [-0.39, 0.29) is 12.1 Å². The summed E-state index contributed by atoms with van der Waals surface area (Å²) in [6.45, 7) is 6.33. The Bertz CT molecular complexity index is 489. The van der Waals surface area contributed by atoms with E-state index >= 15 is 0 Å². The van der Waals surface area contributed by atoms with Crippen LogP contribution in [0.3, 0.4) is 0 Å². The fraction of sp³-hybridized carbons (Fsp3) is 0.467. The molecule has 0 spiro atoms. The molecule has 2 amide bonds. The minimum Gasteiger partial charge on any atom is -0.361 e. The van der Waals surface area contributed by atoms with Crippen LogP contribution >= 0.6 is 0 Å². The van der Waals surface area contributed by atoms with Crippen molar-refractivity contribution in [2.45, 2.75) is 25.9 Å². The number of carbonyl (C=O) groups excluding carboxylic acids is 2. The van der Waals surface area contributed by atoms with Gasteiger partial charge in [-0.1, -0.05) is 37.3 Å². The second kappa shape index (κ2) is 6.05. The van der Waals surface area contributed by atoms with Crippen molar-refractivity contribution in [1.82, 2.24) is 9.80 Å². The van der Waals surface area contributed by atoms with Crippen LogP contribution < -0.4 is 5.73 Å². The van der Waals surface area contributed by atoms with E-state index in [9.17, 15) is 9.59 Å². The molecule has 20 heavy (non-hydrogen) atoms. The summed E-state index contributed by atoms with van der Waals surface area (Å²) in [7, 11) is 0. The number of primary amides is 1. The molecule has 2 atom stereocenters. The fourth-order valence-electron chi connectivity index (χ4n) is 2.80. The highest BCUT2D eigenvalue weighted by atomic mass is 16.2. The molecule has 1 fully saturated rings. The van der Waals surface area contributed by atoms with Crippen molar-refractivity contribution in [2.75, 3.05) is 19.6 Å². The number of likely N-dealkylation sites (N-methyl/N-ethyl adjacent to an activating group) is 1. The number of nitrogens with two attached hydrogens (primary N) is 1. The normalized spacial score (nSPS) is 23.6. The van der Waals surface area contributed by atoms with Crippen molar-refractivity contribution in [3.63, 3.8) is 0 Å². The maximum Gasteiger partial charge on any atom is 0.312 e. The van der Waals surface area contributed by atoms with Gasteiger partial charge in [0.25, 0.3) is 0 Å². The molecule has 0 saturated carbocycles. The summed E-state index contributed by atoms with van der Waals surface area (Å²) in [6, 6.07) is 9.89. The molecule has 1 aromatic rings. The van der Waals surface area contributed by atoms with Crippen LogP contribution in [0.5, 0.6) is 0 Å². The van der Waals surface area contributed by atoms with Gasteiger partial charge in [-0.2, -0.15) is 0 Å². The molecule has 5 heteroatoms. The maximum absolute atomic E-state index is 12.1. The molecule has 5 nitrogen and oxygen atoms in total. The molecule has 108 valence electrons. The maximum atomic E-state index is 12.1. The molecule has 1 aliphatic heterocycles. The molecular weight excluding hydrogens is 254 g/mol. The predicted octanol–water partition coefficient (Wildman–Crippen LogP) is 0.766. The lowest BCUT2D eigenvalue weighted by Crippen LogP contribution is -2.57. The molecule has 2 N–H and O–H groups in total. The van der Waals surface area contributed by atoms with Crippen molar-refractivity contribution >= 4 is 11.8 Å². The van der Waals surface area contributed by atoms with Crippen LogP contribution in [0.25, 0.3) is 0 Å². The summed E-state index contributed by atoms with van der Waals surface area (Å²) in [5.41, 5.74) is 6.21. The third kappa shape index (κ3) is 2.82. The monoisotopic (exact) mass is 275 g/mol. The summed E-state index contributed by atoms with van der Waals surface area (Å²) >= 11 is 0. The first-order valence-corrected chi connectivity index (χ1v) is 6.94. The van der Waals surface area contributed by atoms with E-state index in [0.29, 0.717) is 6.54 Å². The van der Waals surface area contributed by atoms with Gasteiger partial charge in [-0.3, -0.25) is 14.5 Å². The topological polar surface area (TPSA) is 66.6 Å². The van der Waals surface area contributed by atoms with Gasteiger partial charge in [0.05, 0.1) is 6.04 Å². The Labute approximate surface area is 119 Å². The van der Waals surface area contributed by atoms with Gasteiger partial charge in [-0.05, 0) is 19.0 Å². The summed E-state index contributed by atoms with van der Waals surface area (Å²) in [5.74, 6) is -1.48. The largest absolute Gasteiger partial charge is 0.361 e. The quantitative estimate of drug-likeness (QED) is 0.811. The van der Waals surface area contributed by atoms with Crippen molar-refractivity contribution in [2.24, 2.45) is 5.73 Å². The first-order valence-electron chi connectivity index (χ1n) is 6.94. The predicted molar refractivity (Wildman–Crippen MR) is 76.8 cm³/mol. The van der Waals surface area contributed by atoms with E-state index in [1.807, 2.05) is 30.3 Å². The third-order valence-electron chi connectivity index (χ3n) is 3.93. The number of benzene rings is 1. The first kappa shape index (κ1) is 14.5. The Morgan fingerprint density at radius 1 is 1.25 bits per heavy atom. The number of carbonyl (C=O) groups is 2. The number of rotatable bonds is 2. The highest BCUT2D eigenvalue weighted by Gasteiger charge is 2.36. The second-order valence-corrected chi connectivity index (χ2v) is 5.18. The van der Waals surface area contributed by atoms with Crippen LogP contribution in [0.15, 0.2) is 30.3 Å².